The molecule has 0 heterocycles. The summed E-state index contributed by atoms with van der Waals surface area (Å²) in [7, 11) is 0.0511. The molecule has 142 valence electrons. The van der Waals surface area contributed by atoms with Crippen molar-refractivity contribution in [2.24, 2.45) is 0 Å². The van der Waals surface area contributed by atoms with Gasteiger partial charge in [0, 0.05) is 12.1 Å². The van der Waals surface area contributed by atoms with Gasteiger partial charge in [-0.3, -0.25) is 0 Å². The van der Waals surface area contributed by atoms with Crippen LogP contribution in [0.3, 0.4) is 0 Å². The smallest absolute Gasteiger partial charge is 0.0951 e. The highest BCUT2D eigenvalue weighted by Crippen LogP contribution is 2.24. The first-order valence-electron chi connectivity index (χ1n) is 11.3. The first-order valence-corrected chi connectivity index (χ1v) is 14.6. The second kappa shape index (κ2) is 12.7. The van der Waals surface area contributed by atoms with E-state index < -0.39 is 0 Å². The molecule has 2 saturated carbocycles. The van der Waals surface area contributed by atoms with E-state index in [1.54, 1.807) is 12.1 Å². The molecule has 4 heteroatoms. The van der Waals surface area contributed by atoms with Crippen LogP contribution in [0.15, 0.2) is 0 Å². The zero-order valence-corrected chi connectivity index (χ0v) is 19.6. The largest absolute Gasteiger partial charge is 0.326 e. The van der Waals surface area contributed by atoms with Crippen molar-refractivity contribution in [1.82, 2.24) is 9.13 Å². The van der Waals surface area contributed by atoms with Crippen molar-refractivity contribution in [2.75, 3.05) is 13.1 Å². The summed E-state index contributed by atoms with van der Waals surface area (Å²) in [6.07, 6.45) is 17.8. The van der Waals surface area contributed by atoms with E-state index in [9.17, 15) is 0 Å². The van der Waals surface area contributed by atoms with E-state index in [-0.39, 0.29) is 19.4 Å². The van der Waals surface area contributed by atoms with Crippen molar-refractivity contribution in [3.63, 3.8) is 0 Å². The van der Waals surface area contributed by atoms with E-state index in [1.807, 2.05) is 0 Å². The maximum atomic E-state index is 3.00. The van der Waals surface area contributed by atoms with Crippen LogP contribution < -0.4 is 0 Å². The summed E-state index contributed by atoms with van der Waals surface area (Å²) in [4.78, 5) is 0. The molecule has 0 aromatic heterocycles. The maximum absolute atomic E-state index is 3.00. The Morgan fingerprint density at radius 1 is 0.625 bits per heavy atom. The molecule has 24 heavy (non-hydrogen) atoms. The van der Waals surface area contributed by atoms with Gasteiger partial charge in [-0.2, -0.15) is 0 Å². The summed E-state index contributed by atoms with van der Waals surface area (Å²) in [6.45, 7) is 7.57. The minimum absolute atomic E-state index is 0.0256. The van der Waals surface area contributed by atoms with Crippen LogP contribution in [0.25, 0.3) is 0 Å². The van der Waals surface area contributed by atoms with Gasteiger partial charge in [-0.25, -0.2) is 0 Å². The second-order valence-corrected chi connectivity index (χ2v) is 12.3. The zero-order valence-electron chi connectivity index (χ0n) is 16.8. The third-order valence-electron chi connectivity index (χ3n) is 6.34. The summed E-state index contributed by atoms with van der Waals surface area (Å²) in [5.74, 6) is 0. The molecule has 0 atom stereocenters. The molecule has 0 amide bonds. The van der Waals surface area contributed by atoms with Crippen LogP contribution in [0.1, 0.15) is 90.9 Å². The summed E-state index contributed by atoms with van der Waals surface area (Å²) in [5.41, 5.74) is 0. The molecule has 0 aromatic rings. The maximum Gasteiger partial charge on any atom is 0.0951 e. The fraction of sp³-hybridized carbons (Fsp3) is 1.00. The molecule has 0 N–H and O–H groups in total. The van der Waals surface area contributed by atoms with Crippen molar-refractivity contribution >= 4 is 19.4 Å². The van der Waals surface area contributed by atoms with Crippen molar-refractivity contribution in [3.05, 3.63) is 0 Å². The van der Waals surface area contributed by atoms with Gasteiger partial charge in [0.15, 0.2) is 0 Å². The quantitative estimate of drug-likeness (QED) is 0.400. The molecule has 0 spiro atoms. The molecule has 2 nitrogen and oxygen atoms in total. The summed E-state index contributed by atoms with van der Waals surface area (Å²) < 4.78 is 6.00. The van der Waals surface area contributed by atoms with Gasteiger partial charge in [-0.1, -0.05) is 64.5 Å². The third-order valence-corrected chi connectivity index (χ3v) is 11.8. The van der Waals surface area contributed by atoms with E-state index in [2.05, 4.69) is 23.0 Å². The Hall–Kier alpha value is 0.354. The van der Waals surface area contributed by atoms with Gasteiger partial charge in [-0.15, -0.1) is 0 Å². The normalized spacial score (nSPS) is 22.0. The first-order chi connectivity index (χ1) is 11.8. The van der Waals surface area contributed by atoms with Crippen LogP contribution in [0, 0.1) is 0 Å². The minimum Gasteiger partial charge on any atom is -0.326 e. The third kappa shape index (κ3) is 7.31. The van der Waals surface area contributed by atoms with Gasteiger partial charge in [-0.05, 0) is 51.6 Å². The lowest BCUT2D eigenvalue weighted by Gasteiger charge is -2.36. The van der Waals surface area contributed by atoms with Gasteiger partial charge in [0.1, 0.15) is 0 Å². The van der Waals surface area contributed by atoms with E-state index in [1.165, 1.54) is 90.1 Å². The standard InChI is InChI=1S/C20H44N2Si2/c1-3-15-21(19-11-7-5-8-12-19)23-17-18-24-22(16-4-2)20-13-9-6-10-14-20/h19-20H,3-18,23-24H2,1-2H3. The topological polar surface area (TPSA) is 6.48 Å². The molecule has 0 bridgehead atoms. The number of nitrogens with zero attached hydrogens (tertiary/aromatic N) is 2. The van der Waals surface area contributed by atoms with Gasteiger partial charge >= 0.3 is 0 Å². The van der Waals surface area contributed by atoms with Crippen LogP contribution in [0.5, 0.6) is 0 Å². The molecular weight excluding hydrogens is 324 g/mol. The monoisotopic (exact) mass is 368 g/mol. The molecule has 2 fully saturated rings. The summed E-state index contributed by atoms with van der Waals surface area (Å²) in [6, 6.07) is 5.18. The summed E-state index contributed by atoms with van der Waals surface area (Å²) in [5, 5.41) is 0. The van der Waals surface area contributed by atoms with Gasteiger partial charge < -0.3 is 9.13 Å². The van der Waals surface area contributed by atoms with E-state index in [4.69, 9.17) is 0 Å². The van der Waals surface area contributed by atoms with Crippen molar-refractivity contribution in [1.29, 1.82) is 0 Å². The number of hydrogen-bond donors (Lipinski definition) is 0. The SMILES string of the molecule is CCCN([SiH2]CC[SiH2]N(CCC)C1CCCCC1)C1CCCCC1. The molecule has 0 aromatic carbocycles. The van der Waals surface area contributed by atoms with Crippen molar-refractivity contribution < 1.29 is 0 Å². The lowest BCUT2D eigenvalue weighted by molar-refractivity contribution is 0.254. The molecule has 2 rings (SSSR count). The highest BCUT2D eigenvalue weighted by Gasteiger charge is 2.22. The average Bonchev–Trinajstić information content (AvgIpc) is 2.64. The average molecular weight is 369 g/mol. The van der Waals surface area contributed by atoms with Crippen LogP contribution in [-0.2, 0) is 0 Å². The lowest BCUT2D eigenvalue weighted by atomic mass is 9.95. The molecule has 0 radical (unpaired) electrons. The van der Waals surface area contributed by atoms with Crippen LogP contribution in [0.4, 0.5) is 0 Å². The minimum atomic E-state index is 0.0256. The molecule has 0 aliphatic heterocycles. The fourth-order valence-electron chi connectivity index (χ4n) is 5.05. The van der Waals surface area contributed by atoms with Crippen LogP contribution >= 0.6 is 0 Å². The molecule has 0 saturated heterocycles. The zero-order chi connectivity index (χ0) is 17.0. The molecule has 2 aliphatic rings. The predicted molar refractivity (Wildman–Crippen MR) is 114 cm³/mol. The predicted octanol–water partition coefficient (Wildman–Crippen LogP) is 4.08. The van der Waals surface area contributed by atoms with Crippen molar-refractivity contribution in [2.45, 2.75) is 115 Å². The van der Waals surface area contributed by atoms with Crippen LogP contribution in [-0.4, -0.2) is 53.7 Å². The van der Waals surface area contributed by atoms with Crippen LogP contribution in [0.2, 0.25) is 12.1 Å². The van der Waals surface area contributed by atoms with Crippen molar-refractivity contribution in [3.8, 4) is 0 Å². The Kier molecular flexibility index (Phi) is 10.9. The number of hydrogen-bond acceptors (Lipinski definition) is 2. The Morgan fingerprint density at radius 3 is 1.33 bits per heavy atom. The van der Waals surface area contributed by atoms with Gasteiger partial charge in [0.25, 0.3) is 0 Å². The number of rotatable bonds is 11. The molecule has 2 aliphatic carbocycles. The Morgan fingerprint density at radius 2 is 1.00 bits per heavy atom. The molecular formula is C20H44N2Si2. The Balaban J connectivity index is 1.69. The van der Waals surface area contributed by atoms with E-state index in [0.29, 0.717) is 0 Å². The fourth-order valence-corrected chi connectivity index (χ4v) is 10.2. The Bertz CT molecular complexity index is 272. The second-order valence-electron chi connectivity index (χ2n) is 8.36. The highest BCUT2D eigenvalue weighted by atomic mass is 28.2. The molecule has 0 unspecified atom stereocenters. The summed E-state index contributed by atoms with van der Waals surface area (Å²) >= 11 is 0. The first kappa shape index (κ1) is 20.7. The van der Waals surface area contributed by atoms with Gasteiger partial charge in [0.2, 0.25) is 0 Å². The Labute approximate surface area is 156 Å². The van der Waals surface area contributed by atoms with Gasteiger partial charge in [0.05, 0.1) is 19.4 Å². The van der Waals surface area contributed by atoms with E-state index in [0.717, 1.165) is 12.1 Å². The van der Waals surface area contributed by atoms with E-state index >= 15 is 0 Å². The highest BCUT2D eigenvalue weighted by molar-refractivity contribution is 6.38. The lowest BCUT2D eigenvalue weighted by Crippen LogP contribution is -2.42.